The van der Waals surface area contributed by atoms with Gasteiger partial charge < -0.3 is 9.84 Å². The normalized spacial score (nSPS) is 22.4. The van der Waals surface area contributed by atoms with E-state index in [2.05, 4.69) is 26.0 Å². The van der Waals surface area contributed by atoms with Crippen LogP contribution in [-0.4, -0.2) is 11.1 Å². The number of hydrogen-bond donors (Lipinski definition) is 1. The van der Waals surface area contributed by atoms with Crippen LogP contribution >= 0.6 is 0 Å². The van der Waals surface area contributed by atoms with Crippen LogP contribution in [0.25, 0.3) is 0 Å². The lowest BCUT2D eigenvalue weighted by Crippen LogP contribution is -2.21. The Morgan fingerprint density at radius 3 is 2.56 bits per heavy atom. The molecule has 0 aliphatic heterocycles. The molecular formula is C23H27FO3. The smallest absolute Gasteiger partial charge is 0.335 e. The fourth-order valence-corrected chi connectivity index (χ4v) is 4.17. The molecule has 1 N–H and O–H groups in total. The molecule has 0 spiro atoms. The van der Waals surface area contributed by atoms with Crippen LogP contribution in [0.3, 0.4) is 0 Å². The molecular weight excluding hydrogens is 343 g/mol. The summed E-state index contributed by atoms with van der Waals surface area (Å²) < 4.78 is 19.6. The lowest BCUT2D eigenvalue weighted by Gasteiger charge is -2.34. The minimum atomic E-state index is -1.16. The van der Waals surface area contributed by atoms with Crippen molar-refractivity contribution in [1.29, 1.82) is 0 Å². The molecule has 1 saturated carbocycles. The van der Waals surface area contributed by atoms with Gasteiger partial charge in [0.2, 0.25) is 0 Å². The highest BCUT2D eigenvalue weighted by molar-refractivity contribution is 5.87. The molecule has 3 unspecified atom stereocenters. The van der Waals surface area contributed by atoms with Gasteiger partial charge in [0.15, 0.2) is 11.6 Å². The van der Waals surface area contributed by atoms with E-state index in [1.54, 1.807) is 0 Å². The van der Waals surface area contributed by atoms with Gasteiger partial charge in [-0.2, -0.15) is 0 Å². The maximum atomic E-state index is 14.0. The number of ether oxygens (including phenoxy) is 1. The van der Waals surface area contributed by atoms with Crippen molar-refractivity contribution in [1.82, 2.24) is 0 Å². The van der Waals surface area contributed by atoms with Crippen molar-refractivity contribution in [2.24, 2.45) is 11.8 Å². The predicted octanol–water partition coefficient (Wildman–Crippen LogP) is 6.64. The third kappa shape index (κ3) is 4.68. The first-order chi connectivity index (χ1) is 13.0. The van der Waals surface area contributed by atoms with Crippen molar-refractivity contribution >= 4 is 5.97 Å². The minimum absolute atomic E-state index is 0.0294. The van der Waals surface area contributed by atoms with Crippen LogP contribution in [0, 0.1) is 17.7 Å². The Morgan fingerprint density at radius 1 is 1.19 bits per heavy atom. The average molecular weight is 370 g/mol. The molecule has 1 fully saturated rings. The largest absolute Gasteiger partial charge is 0.478 e. The van der Waals surface area contributed by atoms with Crippen molar-refractivity contribution in [3.63, 3.8) is 0 Å². The van der Waals surface area contributed by atoms with Gasteiger partial charge in [-0.1, -0.05) is 45.2 Å². The molecule has 4 heteroatoms. The van der Waals surface area contributed by atoms with Gasteiger partial charge >= 0.3 is 5.97 Å². The van der Waals surface area contributed by atoms with Crippen molar-refractivity contribution < 1.29 is 19.0 Å². The van der Waals surface area contributed by atoms with E-state index in [0.29, 0.717) is 17.6 Å². The Balaban J connectivity index is 1.71. The van der Waals surface area contributed by atoms with E-state index in [1.807, 2.05) is 12.1 Å². The quantitative estimate of drug-likeness (QED) is 0.620. The lowest BCUT2D eigenvalue weighted by atomic mass is 9.71. The minimum Gasteiger partial charge on any atom is -0.478 e. The van der Waals surface area contributed by atoms with Crippen LogP contribution in [0.1, 0.15) is 67.8 Å². The average Bonchev–Trinajstić information content (AvgIpc) is 2.66. The second kappa shape index (κ2) is 8.55. The standard InChI is InChI=1S/C23H27FO3/c1-3-4-16-6-5-15(2)20(13-16)17-7-10-19(11-8-17)27-22-12-9-18(23(25)26)14-21(22)24/h7-12,14-16,20H,3-6,13H2,1-2H3,(H,25,26). The lowest BCUT2D eigenvalue weighted by molar-refractivity contribution is 0.0696. The summed E-state index contributed by atoms with van der Waals surface area (Å²) in [5.41, 5.74) is 1.22. The number of benzene rings is 2. The molecule has 3 rings (SSSR count). The van der Waals surface area contributed by atoms with E-state index in [4.69, 9.17) is 9.84 Å². The molecule has 0 aromatic heterocycles. The first-order valence-corrected chi connectivity index (χ1v) is 9.78. The van der Waals surface area contributed by atoms with Crippen LogP contribution < -0.4 is 4.74 Å². The molecule has 2 aromatic rings. The van der Waals surface area contributed by atoms with Crippen molar-refractivity contribution in [3.05, 3.63) is 59.4 Å². The Hall–Kier alpha value is -2.36. The zero-order valence-corrected chi connectivity index (χ0v) is 16.0. The molecule has 0 amide bonds. The Bertz CT molecular complexity index is 785. The summed E-state index contributed by atoms with van der Waals surface area (Å²) in [6.45, 7) is 4.58. The molecule has 1 aliphatic rings. The van der Waals surface area contributed by atoms with E-state index < -0.39 is 11.8 Å². The molecule has 3 atom stereocenters. The van der Waals surface area contributed by atoms with E-state index in [1.165, 1.54) is 49.8 Å². The SMILES string of the molecule is CCCC1CCC(C)C(c2ccc(Oc3ccc(C(=O)O)cc3F)cc2)C1. The van der Waals surface area contributed by atoms with Gasteiger partial charge in [0.1, 0.15) is 5.75 Å². The predicted molar refractivity (Wildman–Crippen MR) is 104 cm³/mol. The Kier molecular flexibility index (Phi) is 6.15. The van der Waals surface area contributed by atoms with Crippen molar-refractivity contribution in [2.75, 3.05) is 0 Å². The number of rotatable bonds is 6. The van der Waals surface area contributed by atoms with Gasteiger partial charge in [-0.15, -0.1) is 0 Å². The zero-order valence-electron chi connectivity index (χ0n) is 16.0. The van der Waals surface area contributed by atoms with Gasteiger partial charge in [-0.05, 0) is 66.5 Å². The maximum Gasteiger partial charge on any atom is 0.335 e. The van der Waals surface area contributed by atoms with E-state index in [-0.39, 0.29) is 11.3 Å². The second-order valence-electron chi connectivity index (χ2n) is 7.67. The van der Waals surface area contributed by atoms with Crippen LogP contribution in [0.4, 0.5) is 4.39 Å². The summed E-state index contributed by atoms with van der Waals surface area (Å²) in [5, 5.41) is 8.91. The zero-order chi connectivity index (χ0) is 19.4. The molecule has 0 heterocycles. The first kappa shape index (κ1) is 19.4. The third-order valence-electron chi connectivity index (χ3n) is 5.72. The van der Waals surface area contributed by atoms with E-state index in [0.717, 1.165) is 12.0 Å². The second-order valence-corrected chi connectivity index (χ2v) is 7.67. The third-order valence-corrected chi connectivity index (χ3v) is 5.72. The number of carboxylic acids is 1. The highest BCUT2D eigenvalue weighted by Gasteiger charge is 2.28. The highest BCUT2D eigenvalue weighted by atomic mass is 19.1. The van der Waals surface area contributed by atoms with Gasteiger partial charge in [-0.25, -0.2) is 9.18 Å². The maximum absolute atomic E-state index is 14.0. The van der Waals surface area contributed by atoms with Crippen molar-refractivity contribution in [2.45, 2.75) is 51.9 Å². The van der Waals surface area contributed by atoms with Gasteiger partial charge in [0.25, 0.3) is 0 Å². The number of carboxylic acid groups (broad SMARTS) is 1. The molecule has 1 aliphatic carbocycles. The Labute approximate surface area is 160 Å². The summed E-state index contributed by atoms with van der Waals surface area (Å²) in [7, 11) is 0. The Morgan fingerprint density at radius 2 is 1.93 bits per heavy atom. The summed E-state index contributed by atoms with van der Waals surface area (Å²) in [6.07, 6.45) is 6.38. The van der Waals surface area contributed by atoms with Crippen LogP contribution in [0.5, 0.6) is 11.5 Å². The molecule has 3 nitrogen and oxygen atoms in total. The molecule has 0 saturated heterocycles. The monoisotopic (exact) mass is 370 g/mol. The number of carbonyl (C=O) groups is 1. The summed E-state index contributed by atoms with van der Waals surface area (Å²) in [5.74, 6) is 0.793. The summed E-state index contributed by atoms with van der Waals surface area (Å²) in [4.78, 5) is 10.9. The van der Waals surface area contributed by atoms with Gasteiger partial charge in [-0.3, -0.25) is 0 Å². The number of hydrogen-bond acceptors (Lipinski definition) is 2. The molecule has 144 valence electrons. The fourth-order valence-electron chi connectivity index (χ4n) is 4.17. The highest BCUT2D eigenvalue weighted by Crippen LogP contribution is 2.42. The van der Waals surface area contributed by atoms with Crippen LogP contribution in [-0.2, 0) is 0 Å². The number of halogens is 1. The van der Waals surface area contributed by atoms with Crippen molar-refractivity contribution in [3.8, 4) is 11.5 Å². The molecule has 27 heavy (non-hydrogen) atoms. The first-order valence-electron chi connectivity index (χ1n) is 9.78. The van der Waals surface area contributed by atoms with Crippen LogP contribution in [0.15, 0.2) is 42.5 Å². The topological polar surface area (TPSA) is 46.5 Å². The van der Waals surface area contributed by atoms with E-state index in [9.17, 15) is 9.18 Å². The molecule has 0 radical (unpaired) electrons. The molecule has 0 bridgehead atoms. The summed E-state index contributed by atoms with van der Waals surface area (Å²) in [6, 6.07) is 11.6. The van der Waals surface area contributed by atoms with Gasteiger partial charge in [0, 0.05) is 0 Å². The van der Waals surface area contributed by atoms with Gasteiger partial charge in [0.05, 0.1) is 5.56 Å². The number of aromatic carboxylic acids is 1. The van der Waals surface area contributed by atoms with E-state index >= 15 is 0 Å². The van der Waals surface area contributed by atoms with Crippen LogP contribution in [0.2, 0.25) is 0 Å². The summed E-state index contributed by atoms with van der Waals surface area (Å²) >= 11 is 0. The fraction of sp³-hybridized carbons (Fsp3) is 0.435. The molecule has 2 aromatic carbocycles.